The molecule has 4 N–H and O–H groups in total. The lowest BCUT2D eigenvalue weighted by molar-refractivity contribution is -0.129. The minimum Gasteiger partial charge on any atom is -0.368 e. The van der Waals surface area contributed by atoms with Crippen molar-refractivity contribution in [3.05, 3.63) is 59.1 Å². The average Bonchev–Trinajstić information content (AvgIpc) is 3.28. The first-order valence-electron chi connectivity index (χ1n) is 9.62. The molecule has 0 bridgehead atoms. The molecule has 1 fully saturated rings. The number of anilines is 2. The Morgan fingerprint density at radius 1 is 0.900 bits per heavy atom. The normalized spacial score (nSPS) is 15.3. The van der Waals surface area contributed by atoms with E-state index in [0.717, 1.165) is 12.8 Å². The summed E-state index contributed by atoms with van der Waals surface area (Å²) in [7, 11) is 0. The molecule has 1 aliphatic rings. The second-order valence-electron chi connectivity index (χ2n) is 6.71. The Morgan fingerprint density at radius 3 is 2.10 bits per heavy atom. The highest BCUT2D eigenvalue weighted by atomic mass is 35.5. The Balaban J connectivity index is 1.39. The molecule has 30 heavy (non-hydrogen) atoms. The predicted molar refractivity (Wildman–Crippen MR) is 115 cm³/mol. The molecule has 0 spiro atoms. The molecule has 1 unspecified atom stereocenters. The first-order chi connectivity index (χ1) is 14.5. The lowest BCUT2D eigenvalue weighted by Crippen LogP contribution is -2.39. The number of rotatable bonds is 7. The van der Waals surface area contributed by atoms with Gasteiger partial charge in [0.25, 0.3) is 5.91 Å². The Bertz CT molecular complexity index is 881. The molecule has 158 valence electrons. The standard InChI is InChI=1S/C21H23ClN4O4/c22-15-5-9-17(10-6-15)26-21(29)25-16-7-3-14(4-8-16)19(27)23-11-12-24-20(28)18-2-1-13-30-18/h3-10,18H,1-2,11-13H2,(H,23,27)(H,24,28)(H2,25,26,29). The fourth-order valence-corrected chi connectivity index (χ4v) is 3.02. The Morgan fingerprint density at radius 2 is 1.50 bits per heavy atom. The summed E-state index contributed by atoms with van der Waals surface area (Å²) >= 11 is 5.81. The third-order valence-electron chi connectivity index (χ3n) is 4.44. The van der Waals surface area contributed by atoms with Gasteiger partial charge in [0.15, 0.2) is 0 Å². The van der Waals surface area contributed by atoms with E-state index in [1.54, 1.807) is 48.5 Å². The van der Waals surface area contributed by atoms with Gasteiger partial charge in [-0.3, -0.25) is 9.59 Å². The lowest BCUT2D eigenvalue weighted by Gasteiger charge is -2.11. The van der Waals surface area contributed by atoms with E-state index in [1.165, 1.54) is 0 Å². The SMILES string of the molecule is O=C(Nc1ccc(Cl)cc1)Nc1ccc(C(=O)NCCNC(=O)C2CCCO2)cc1. The number of hydrogen-bond acceptors (Lipinski definition) is 4. The number of nitrogens with one attached hydrogen (secondary N) is 4. The quantitative estimate of drug-likeness (QED) is 0.506. The van der Waals surface area contributed by atoms with Gasteiger partial charge in [0.1, 0.15) is 6.10 Å². The molecule has 0 saturated carbocycles. The van der Waals surface area contributed by atoms with Gasteiger partial charge in [-0.25, -0.2) is 4.79 Å². The molecular weight excluding hydrogens is 408 g/mol. The zero-order chi connectivity index (χ0) is 21.3. The molecule has 1 saturated heterocycles. The van der Waals surface area contributed by atoms with Crippen LogP contribution in [0.15, 0.2) is 48.5 Å². The molecule has 1 atom stereocenters. The number of carbonyl (C=O) groups is 3. The maximum atomic E-state index is 12.2. The first-order valence-corrected chi connectivity index (χ1v) is 10.0. The van der Waals surface area contributed by atoms with Crippen LogP contribution in [0, 0.1) is 0 Å². The number of amides is 4. The predicted octanol–water partition coefficient (Wildman–Crippen LogP) is 3.01. The number of hydrogen-bond donors (Lipinski definition) is 4. The zero-order valence-corrected chi connectivity index (χ0v) is 17.0. The van der Waals surface area contributed by atoms with E-state index in [2.05, 4.69) is 21.3 Å². The topological polar surface area (TPSA) is 109 Å². The number of ether oxygens (including phenoxy) is 1. The zero-order valence-electron chi connectivity index (χ0n) is 16.2. The molecule has 1 aliphatic heterocycles. The summed E-state index contributed by atoms with van der Waals surface area (Å²) < 4.78 is 5.30. The highest BCUT2D eigenvalue weighted by Crippen LogP contribution is 2.15. The van der Waals surface area contributed by atoms with Gasteiger partial charge in [0, 0.05) is 41.7 Å². The van der Waals surface area contributed by atoms with Crippen molar-refractivity contribution in [1.29, 1.82) is 0 Å². The minimum absolute atomic E-state index is 0.144. The van der Waals surface area contributed by atoms with Gasteiger partial charge in [-0.15, -0.1) is 0 Å². The van der Waals surface area contributed by atoms with E-state index in [9.17, 15) is 14.4 Å². The van der Waals surface area contributed by atoms with Crippen molar-refractivity contribution in [2.45, 2.75) is 18.9 Å². The van der Waals surface area contributed by atoms with Crippen LogP contribution >= 0.6 is 11.6 Å². The summed E-state index contributed by atoms with van der Waals surface area (Å²) in [5.74, 6) is -0.410. The van der Waals surface area contributed by atoms with E-state index in [0.29, 0.717) is 41.7 Å². The maximum absolute atomic E-state index is 12.2. The third kappa shape index (κ3) is 6.47. The van der Waals surface area contributed by atoms with Crippen molar-refractivity contribution < 1.29 is 19.1 Å². The molecule has 0 aromatic heterocycles. The van der Waals surface area contributed by atoms with Crippen molar-refractivity contribution in [2.24, 2.45) is 0 Å². The molecule has 3 rings (SSSR count). The van der Waals surface area contributed by atoms with Crippen molar-refractivity contribution in [3.8, 4) is 0 Å². The molecule has 2 aromatic carbocycles. The van der Waals surface area contributed by atoms with Crippen LogP contribution < -0.4 is 21.3 Å². The largest absolute Gasteiger partial charge is 0.368 e. The fourth-order valence-electron chi connectivity index (χ4n) is 2.89. The van der Waals surface area contributed by atoms with Gasteiger partial charge in [0.05, 0.1) is 0 Å². The smallest absolute Gasteiger partial charge is 0.323 e. The monoisotopic (exact) mass is 430 g/mol. The van der Waals surface area contributed by atoms with E-state index >= 15 is 0 Å². The van der Waals surface area contributed by atoms with Gasteiger partial charge >= 0.3 is 6.03 Å². The molecular formula is C21H23ClN4O4. The van der Waals surface area contributed by atoms with E-state index in [1.807, 2.05) is 0 Å². The van der Waals surface area contributed by atoms with Crippen LogP contribution in [0.25, 0.3) is 0 Å². The number of urea groups is 1. The van der Waals surface area contributed by atoms with Gasteiger partial charge in [0.2, 0.25) is 5.91 Å². The minimum atomic E-state index is -0.406. The Hall–Kier alpha value is -3.10. The second kappa shape index (κ2) is 10.6. The number of carbonyl (C=O) groups excluding carboxylic acids is 3. The van der Waals surface area contributed by atoms with Gasteiger partial charge < -0.3 is 26.0 Å². The maximum Gasteiger partial charge on any atom is 0.323 e. The molecule has 8 nitrogen and oxygen atoms in total. The summed E-state index contributed by atoms with van der Waals surface area (Å²) in [6.45, 7) is 1.25. The molecule has 0 radical (unpaired) electrons. The van der Waals surface area contributed by atoms with E-state index in [-0.39, 0.29) is 17.9 Å². The van der Waals surface area contributed by atoms with Crippen LogP contribution in [-0.2, 0) is 9.53 Å². The van der Waals surface area contributed by atoms with Crippen molar-refractivity contribution in [1.82, 2.24) is 10.6 Å². The van der Waals surface area contributed by atoms with Gasteiger partial charge in [-0.2, -0.15) is 0 Å². The fraction of sp³-hybridized carbons (Fsp3) is 0.286. The lowest BCUT2D eigenvalue weighted by atomic mass is 10.2. The number of halogens is 1. The molecule has 2 aromatic rings. The van der Waals surface area contributed by atoms with Crippen LogP contribution in [0.1, 0.15) is 23.2 Å². The summed E-state index contributed by atoms with van der Waals surface area (Å²) in [6, 6.07) is 12.8. The third-order valence-corrected chi connectivity index (χ3v) is 4.69. The van der Waals surface area contributed by atoms with Crippen LogP contribution in [-0.4, -0.2) is 43.6 Å². The number of benzene rings is 2. The van der Waals surface area contributed by atoms with Crippen LogP contribution in [0.4, 0.5) is 16.2 Å². The molecule has 9 heteroatoms. The highest BCUT2D eigenvalue weighted by Gasteiger charge is 2.22. The summed E-state index contributed by atoms with van der Waals surface area (Å²) in [5, 5.41) is 11.4. The molecule has 4 amide bonds. The van der Waals surface area contributed by atoms with Gasteiger partial charge in [-0.05, 0) is 61.4 Å². The summed E-state index contributed by atoms with van der Waals surface area (Å²) in [6.07, 6.45) is 1.25. The second-order valence-corrected chi connectivity index (χ2v) is 7.15. The van der Waals surface area contributed by atoms with Crippen molar-refractivity contribution in [3.63, 3.8) is 0 Å². The van der Waals surface area contributed by atoms with E-state index < -0.39 is 6.03 Å². The van der Waals surface area contributed by atoms with Crippen LogP contribution in [0.3, 0.4) is 0 Å². The molecule has 0 aliphatic carbocycles. The Kier molecular flexibility index (Phi) is 7.64. The van der Waals surface area contributed by atoms with E-state index in [4.69, 9.17) is 16.3 Å². The average molecular weight is 431 g/mol. The Labute approximate surface area is 179 Å². The van der Waals surface area contributed by atoms with Gasteiger partial charge in [-0.1, -0.05) is 11.6 Å². The van der Waals surface area contributed by atoms with Crippen molar-refractivity contribution >= 4 is 40.8 Å². The van der Waals surface area contributed by atoms with Crippen molar-refractivity contribution in [2.75, 3.05) is 30.3 Å². The highest BCUT2D eigenvalue weighted by molar-refractivity contribution is 6.30. The summed E-state index contributed by atoms with van der Waals surface area (Å²) in [4.78, 5) is 36.0. The summed E-state index contributed by atoms with van der Waals surface area (Å²) in [5.41, 5.74) is 1.60. The van der Waals surface area contributed by atoms with Crippen LogP contribution in [0.5, 0.6) is 0 Å². The first kappa shape index (κ1) is 21.6. The molecule has 1 heterocycles. The van der Waals surface area contributed by atoms with Crippen LogP contribution in [0.2, 0.25) is 5.02 Å².